The summed E-state index contributed by atoms with van der Waals surface area (Å²) in [6.45, 7) is 5.05. The van der Waals surface area contributed by atoms with Crippen LogP contribution < -0.4 is 21.3 Å². The average Bonchev–Trinajstić information content (AvgIpc) is 3.44. The Labute approximate surface area is 203 Å². The second kappa shape index (κ2) is 9.82. The molecule has 0 radical (unpaired) electrons. The van der Waals surface area contributed by atoms with Crippen molar-refractivity contribution in [1.29, 1.82) is 0 Å². The summed E-state index contributed by atoms with van der Waals surface area (Å²) >= 11 is 1.20. The molecule has 0 aliphatic carbocycles. The highest BCUT2D eigenvalue weighted by molar-refractivity contribution is 7.21. The molecular formula is C23H25FN6O4S. The minimum absolute atomic E-state index is 0.132. The number of carbonyl (C=O) groups excluding carboxylic acids is 1. The van der Waals surface area contributed by atoms with Crippen LogP contribution >= 0.6 is 11.3 Å². The Bertz CT molecular complexity index is 1500. The fourth-order valence-corrected chi connectivity index (χ4v) is 5.15. The molecule has 0 saturated carbocycles. The standard InChI is InChI=1S/C23H25FN6O4S/c1-13(2)27-18(31)12-29-20(32)19-14(3)21(30-25-8-9-26-30)35-22(19)28(23(29)33)10-7-15-11-16(24)5-6-17(15)34-4/h5-6,8-9,11,13H,7,10,12H2,1-4H3,(H,27,31). The number of thiophene rings is 1. The summed E-state index contributed by atoms with van der Waals surface area (Å²) < 4.78 is 21.6. The van der Waals surface area contributed by atoms with Gasteiger partial charge >= 0.3 is 5.69 Å². The zero-order valence-corrected chi connectivity index (χ0v) is 20.6. The number of aromatic nitrogens is 5. The highest BCUT2D eigenvalue weighted by Gasteiger charge is 2.23. The number of carbonyl (C=O) groups is 1. The third-order valence-corrected chi connectivity index (χ3v) is 6.75. The van der Waals surface area contributed by atoms with E-state index in [1.54, 1.807) is 20.8 Å². The van der Waals surface area contributed by atoms with E-state index in [9.17, 15) is 18.8 Å². The lowest BCUT2D eigenvalue weighted by Gasteiger charge is -2.14. The van der Waals surface area contributed by atoms with Crippen molar-refractivity contribution in [3.63, 3.8) is 0 Å². The second-order valence-corrected chi connectivity index (χ2v) is 9.26. The molecule has 1 aromatic carbocycles. The number of aryl methyl sites for hydroxylation is 3. The second-order valence-electron chi connectivity index (χ2n) is 8.28. The molecule has 0 aliphatic heterocycles. The quantitative estimate of drug-likeness (QED) is 0.396. The van der Waals surface area contributed by atoms with Gasteiger partial charge in [-0.25, -0.2) is 9.18 Å². The van der Waals surface area contributed by atoms with Gasteiger partial charge in [0.1, 0.15) is 27.9 Å². The molecule has 184 valence electrons. The van der Waals surface area contributed by atoms with E-state index in [2.05, 4.69) is 15.5 Å². The van der Waals surface area contributed by atoms with Crippen LogP contribution in [-0.4, -0.2) is 43.2 Å². The summed E-state index contributed by atoms with van der Waals surface area (Å²) in [6.07, 6.45) is 3.29. The van der Waals surface area contributed by atoms with Crippen LogP contribution in [-0.2, 0) is 24.3 Å². The van der Waals surface area contributed by atoms with E-state index in [1.807, 2.05) is 0 Å². The summed E-state index contributed by atoms with van der Waals surface area (Å²) in [4.78, 5) is 41.2. The zero-order chi connectivity index (χ0) is 25.3. The summed E-state index contributed by atoms with van der Waals surface area (Å²) in [5.74, 6) is -0.379. The number of amides is 1. The minimum atomic E-state index is -0.627. The molecule has 10 nitrogen and oxygen atoms in total. The largest absolute Gasteiger partial charge is 0.496 e. The van der Waals surface area contributed by atoms with Crippen LogP contribution in [0.5, 0.6) is 5.75 Å². The Balaban J connectivity index is 1.88. The van der Waals surface area contributed by atoms with Crippen LogP contribution in [0.2, 0.25) is 0 Å². The first kappa shape index (κ1) is 24.3. The molecule has 12 heteroatoms. The number of benzene rings is 1. The number of nitrogens with one attached hydrogen (secondary N) is 1. The fourth-order valence-electron chi connectivity index (χ4n) is 3.92. The molecular weight excluding hydrogens is 475 g/mol. The Morgan fingerprint density at radius 3 is 2.57 bits per heavy atom. The van der Waals surface area contributed by atoms with Crippen LogP contribution in [0.4, 0.5) is 4.39 Å². The van der Waals surface area contributed by atoms with Crippen LogP contribution in [0, 0.1) is 12.7 Å². The third-order valence-electron chi connectivity index (χ3n) is 5.47. The molecule has 4 aromatic rings. The van der Waals surface area contributed by atoms with E-state index in [1.165, 1.54) is 58.4 Å². The lowest BCUT2D eigenvalue weighted by Crippen LogP contribution is -2.44. The van der Waals surface area contributed by atoms with Gasteiger partial charge in [0.25, 0.3) is 5.56 Å². The number of hydrogen-bond acceptors (Lipinski definition) is 7. The van der Waals surface area contributed by atoms with Gasteiger partial charge in [0.05, 0.1) is 24.9 Å². The van der Waals surface area contributed by atoms with Crippen LogP contribution in [0.15, 0.2) is 40.2 Å². The van der Waals surface area contributed by atoms with Crippen molar-refractivity contribution in [2.75, 3.05) is 7.11 Å². The molecule has 0 unspecified atom stereocenters. The van der Waals surface area contributed by atoms with Gasteiger partial charge in [-0.3, -0.25) is 18.7 Å². The maximum Gasteiger partial charge on any atom is 0.332 e. The van der Waals surface area contributed by atoms with E-state index in [4.69, 9.17) is 4.74 Å². The molecule has 0 aliphatic rings. The number of methoxy groups -OCH3 is 1. The molecule has 35 heavy (non-hydrogen) atoms. The van der Waals surface area contributed by atoms with Crippen molar-refractivity contribution in [3.05, 3.63) is 68.4 Å². The van der Waals surface area contributed by atoms with Crippen molar-refractivity contribution in [2.45, 2.75) is 46.3 Å². The molecule has 0 atom stereocenters. The Hall–Kier alpha value is -3.80. The van der Waals surface area contributed by atoms with Gasteiger partial charge in [0.2, 0.25) is 5.91 Å². The van der Waals surface area contributed by atoms with Crippen molar-refractivity contribution < 1.29 is 13.9 Å². The van der Waals surface area contributed by atoms with E-state index in [-0.39, 0.29) is 19.0 Å². The molecule has 3 aromatic heterocycles. The minimum Gasteiger partial charge on any atom is -0.496 e. The van der Waals surface area contributed by atoms with Gasteiger partial charge in [-0.1, -0.05) is 11.3 Å². The lowest BCUT2D eigenvalue weighted by atomic mass is 10.1. The molecule has 4 rings (SSSR count). The Morgan fingerprint density at radius 1 is 1.20 bits per heavy atom. The van der Waals surface area contributed by atoms with E-state index in [0.717, 1.165) is 4.57 Å². The first-order valence-electron chi connectivity index (χ1n) is 11.0. The number of rotatable bonds is 8. The van der Waals surface area contributed by atoms with Crippen molar-refractivity contribution in [3.8, 4) is 10.8 Å². The van der Waals surface area contributed by atoms with Gasteiger partial charge in [0, 0.05) is 18.2 Å². The zero-order valence-electron chi connectivity index (χ0n) is 19.7. The van der Waals surface area contributed by atoms with E-state index < -0.39 is 29.5 Å². The molecule has 0 fully saturated rings. The maximum atomic E-state index is 13.9. The van der Waals surface area contributed by atoms with Gasteiger partial charge in [-0.2, -0.15) is 10.2 Å². The predicted molar refractivity (Wildman–Crippen MR) is 130 cm³/mol. The average molecular weight is 501 g/mol. The van der Waals surface area contributed by atoms with Crippen molar-refractivity contribution >= 4 is 27.5 Å². The molecule has 0 spiro atoms. The number of fused-ring (bicyclic) bond motifs is 1. The molecule has 1 N–H and O–H groups in total. The molecule has 0 bridgehead atoms. The number of halogens is 1. The first-order valence-corrected chi connectivity index (χ1v) is 11.8. The topological polar surface area (TPSA) is 113 Å². The summed E-state index contributed by atoms with van der Waals surface area (Å²) in [5.41, 5.74) is -0.0138. The van der Waals surface area contributed by atoms with Gasteiger partial charge in [-0.15, -0.1) is 4.80 Å². The Morgan fingerprint density at radius 2 is 1.91 bits per heavy atom. The molecule has 3 heterocycles. The summed E-state index contributed by atoms with van der Waals surface area (Å²) in [6, 6.07) is 4.03. The number of ether oxygens (including phenoxy) is 1. The van der Waals surface area contributed by atoms with Crippen molar-refractivity contribution in [1.82, 2.24) is 29.4 Å². The summed E-state index contributed by atoms with van der Waals surface area (Å²) in [5, 5.41) is 11.9. The number of hydrogen-bond donors (Lipinski definition) is 1. The van der Waals surface area contributed by atoms with Crippen LogP contribution in [0.3, 0.4) is 0 Å². The monoisotopic (exact) mass is 500 g/mol. The highest BCUT2D eigenvalue weighted by Crippen LogP contribution is 2.30. The van der Waals surface area contributed by atoms with E-state index in [0.29, 0.717) is 32.1 Å². The lowest BCUT2D eigenvalue weighted by molar-refractivity contribution is -0.122. The van der Waals surface area contributed by atoms with Crippen LogP contribution in [0.25, 0.3) is 15.2 Å². The molecule has 1 amide bonds. The smallest absolute Gasteiger partial charge is 0.332 e. The fraction of sp³-hybridized carbons (Fsp3) is 0.348. The van der Waals surface area contributed by atoms with Gasteiger partial charge < -0.3 is 10.1 Å². The van der Waals surface area contributed by atoms with Gasteiger partial charge in [0.15, 0.2) is 0 Å². The first-order chi connectivity index (χ1) is 16.7. The van der Waals surface area contributed by atoms with E-state index >= 15 is 0 Å². The summed E-state index contributed by atoms with van der Waals surface area (Å²) in [7, 11) is 1.49. The van der Waals surface area contributed by atoms with Crippen molar-refractivity contribution in [2.24, 2.45) is 0 Å². The third kappa shape index (κ3) is 4.74. The highest BCUT2D eigenvalue weighted by atomic mass is 32.1. The van der Waals surface area contributed by atoms with Gasteiger partial charge in [-0.05, 0) is 51.0 Å². The molecule has 0 saturated heterocycles. The number of nitrogens with zero attached hydrogens (tertiary/aromatic N) is 5. The maximum absolute atomic E-state index is 13.9. The SMILES string of the molecule is COc1ccc(F)cc1CCn1c(=O)n(CC(=O)NC(C)C)c(=O)c2c(C)c(-n3nccn3)sc21. The predicted octanol–water partition coefficient (Wildman–Crippen LogP) is 2.03. The Kier molecular flexibility index (Phi) is 6.83. The normalized spacial score (nSPS) is 11.4. The van der Waals surface area contributed by atoms with Crippen LogP contribution in [0.1, 0.15) is 25.0 Å².